The third kappa shape index (κ3) is 5.68. The van der Waals surface area contributed by atoms with Crippen LogP contribution in [0.25, 0.3) is 10.9 Å². The zero-order chi connectivity index (χ0) is 26.2. The molecule has 0 spiro atoms. The fourth-order valence-corrected chi connectivity index (χ4v) is 4.84. The van der Waals surface area contributed by atoms with Crippen molar-refractivity contribution >= 4 is 63.2 Å². The first-order valence-corrected chi connectivity index (χ1v) is 12.9. The number of carbonyl (C=O) groups is 1. The number of aromatic amines is 1. The number of benzene rings is 3. The zero-order valence-corrected chi connectivity index (χ0v) is 23.1. The van der Waals surface area contributed by atoms with Gasteiger partial charge in [-0.1, -0.05) is 85.4 Å². The molecule has 36 heavy (non-hydrogen) atoms. The quantitative estimate of drug-likeness (QED) is 0.248. The van der Waals surface area contributed by atoms with Gasteiger partial charge < -0.3 is 9.88 Å². The Morgan fingerprint density at radius 1 is 0.917 bits per heavy atom. The molecule has 1 aromatic heterocycles. The van der Waals surface area contributed by atoms with Gasteiger partial charge in [0.05, 0.1) is 20.6 Å². The number of amides is 1. The van der Waals surface area contributed by atoms with Crippen LogP contribution in [-0.4, -0.2) is 22.3 Å². The van der Waals surface area contributed by atoms with Crippen LogP contribution in [0.5, 0.6) is 0 Å². The summed E-state index contributed by atoms with van der Waals surface area (Å²) >= 11 is 25.0. The molecule has 1 amide bonds. The number of hydrogen-bond donors (Lipinski definition) is 1. The van der Waals surface area contributed by atoms with E-state index < -0.39 is 11.7 Å². The number of H-pyrrole nitrogens is 1. The second kappa shape index (κ2) is 10.6. The minimum absolute atomic E-state index is 0.0747. The summed E-state index contributed by atoms with van der Waals surface area (Å²) in [6.45, 7) is 6.80. The van der Waals surface area contributed by atoms with Crippen LogP contribution in [-0.2, 0) is 18.4 Å². The average molecular weight is 566 g/mol. The second-order valence-corrected chi connectivity index (χ2v) is 11.4. The Morgan fingerprint density at radius 3 is 2.33 bits per heavy atom. The lowest BCUT2D eigenvalue weighted by Gasteiger charge is -2.25. The van der Waals surface area contributed by atoms with Crippen molar-refractivity contribution in [2.75, 3.05) is 6.54 Å². The summed E-state index contributed by atoms with van der Waals surface area (Å²) in [4.78, 5) is 18.4. The van der Waals surface area contributed by atoms with Gasteiger partial charge in [-0.2, -0.15) is 0 Å². The van der Waals surface area contributed by atoms with Crippen LogP contribution in [0.4, 0.5) is 4.39 Å². The number of carbonyl (C=O) groups excluding carboxylic acids is 1. The van der Waals surface area contributed by atoms with E-state index in [4.69, 9.17) is 46.4 Å². The van der Waals surface area contributed by atoms with Gasteiger partial charge in [0.2, 0.25) is 0 Å². The third-order valence-corrected chi connectivity index (χ3v) is 7.54. The number of nitrogens with zero attached hydrogens (tertiary/aromatic N) is 1. The lowest BCUT2D eigenvalue weighted by Crippen LogP contribution is -2.33. The van der Waals surface area contributed by atoms with Crippen LogP contribution in [0.1, 0.15) is 47.8 Å². The molecule has 0 atom stereocenters. The molecule has 0 aliphatic carbocycles. The van der Waals surface area contributed by atoms with Gasteiger partial charge in [-0.05, 0) is 58.9 Å². The highest BCUT2D eigenvalue weighted by atomic mass is 35.5. The van der Waals surface area contributed by atoms with Gasteiger partial charge in [-0.25, -0.2) is 4.39 Å². The highest BCUT2D eigenvalue weighted by Crippen LogP contribution is 2.31. The summed E-state index contributed by atoms with van der Waals surface area (Å²) in [6, 6.07) is 14.4. The number of fused-ring (bicyclic) bond motifs is 1. The largest absolute Gasteiger partial charge is 0.360 e. The molecule has 4 rings (SSSR count). The predicted octanol–water partition coefficient (Wildman–Crippen LogP) is 9.10. The molecule has 0 aliphatic heterocycles. The van der Waals surface area contributed by atoms with Crippen molar-refractivity contribution in [2.24, 2.45) is 0 Å². The molecular formula is C28H25Cl4FN2O. The van der Waals surface area contributed by atoms with Gasteiger partial charge in [0.25, 0.3) is 5.91 Å². The van der Waals surface area contributed by atoms with Crippen molar-refractivity contribution in [1.82, 2.24) is 9.88 Å². The summed E-state index contributed by atoms with van der Waals surface area (Å²) < 4.78 is 15.2. The molecule has 1 N–H and O–H groups in total. The average Bonchev–Trinajstić information content (AvgIpc) is 3.27. The minimum atomic E-state index is -0.759. The van der Waals surface area contributed by atoms with Crippen LogP contribution >= 0.6 is 46.4 Å². The molecule has 4 aromatic rings. The Hall–Kier alpha value is -2.24. The maximum atomic E-state index is 15.2. The molecule has 188 valence electrons. The van der Waals surface area contributed by atoms with Crippen molar-refractivity contribution in [3.8, 4) is 0 Å². The summed E-state index contributed by atoms with van der Waals surface area (Å²) in [7, 11) is 0. The van der Waals surface area contributed by atoms with Gasteiger partial charge in [0, 0.05) is 29.7 Å². The van der Waals surface area contributed by atoms with E-state index >= 15 is 4.39 Å². The molecular weight excluding hydrogens is 541 g/mol. The van der Waals surface area contributed by atoms with Crippen molar-refractivity contribution < 1.29 is 9.18 Å². The fraction of sp³-hybridized carbons (Fsp3) is 0.250. The monoisotopic (exact) mass is 564 g/mol. The van der Waals surface area contributed by atoms with Crippen molar-refractivity contribution in [3.05, 3.63) is 103 Å². The van der Waals surface area contributed by atoms with Crippen LogP contribution in [0, 0.1) is 5.82 Å². The molecule has 0 aliphatic rings. The van der Waals surface area contributed by atoms with E-state index in [0.29, 0.717) is 38.9 Å². The first kappa shape index (κ1) is 26.8. The molecule has 8 heteroatoms. The highest BCUT2D eigenvalue weighted by molar-refractivity contribution is 6.42. The standard InChI is InChI=1S/C28H25Cl4FN2O/c1-28(2,3)19-6-5-18(21(30)14-19)15-35(11-9-16-4-7-20(29)22(31)12-16)27(36)24-25(33)23(32)13-17-8-10-34-26(17)24/h4-8,10,12-14,34H,9,11,15H2,1-3H3. The fourth-order valence-electron chi connectivity index (χ4n) is 4.07. The van der Waals surface area contributed by atoms with Crippen LogP contribution in [0.2, 0.25) is 20.1 Å². The van der Waals surface area contributed by atoms with Crippen LogP contribution in [0.15, 0.2) is 54.7 Å². The number of aromatic nitrogens is 1. The minimum Gasteiger partial charge on any atom is -0.360 e. The third-order valence-electron chi connectivity index (χ3n) is 6.18. The van der Waals surface area contributed by atoms with Crippen molar-refractivity contribution in [2.45, 2.75) is 39.2 Å². The van der Waals surface area contributed by atoms with Gasteiger partial charge in [-0.15, -0.1) is 0 Å². The Labute approximate surface area is 230 Å². The van der Waals surface area contributed by atoms with Gasteiger partial charge in [-0.3, -0.25) is 4.79 Å². The Kier molecular flexibility index (Phi) is 7.92. The van der Waals surface area contributed by atoms with Gasteiger partial charge in [0.15, 0.2) is 5.82 Å². The lowest BCUT2D eigenvalue weighted by molar-refractivity contribution is 0.0742. The maximum absolute atomic E-state index is 15.2. The van der Waals surface area contributed by atoms with Crippen LogP contribution < -0.4 is 0 Å². The number of halogens is 5. The summed E-state index contributed by atoms with van der Waals surface area (Å²) in [6.07, 6.45) is 2.13. The first-order chi connectivity index (χ1) is 17.0. The molecule has 0 fully saturated rings. The van der Waals surface area contributed by atoms with Crippen molar-refractivity contribution in [3.63, 3.8) is 0 Å². The molecule has 0 radical (unpaired) electrons. The maximum Gasteiger partial charge on any atom is 0.259 e. The number of hydrogen-bond acceptors (Lipinski definition) is 1. The van der Waals surface area contributed by atoms with E-state index in [1.807, 2.05) is 24.3 Å². The Balaban J connectivity index is 1.71. The summed E-state index contributed by atoms with van der Waals surface area (Å²) in [5, 5.41) is 1.98. The molecule has 3 aromatic carbocycles. The topological polar surface area (TPSA) is 36.1 Å². The lowest BCUT2D eigenvalue weighted by atomic mass is 9.86. The molecule has 0 saturated carbocycles. The molecule has 0 bridgehead atoms. The number of nitrogens with one attached hydrogen (secondary N) is 1. The molecule has 0 unspecified atom stereocenters. The SMILES string of the molecule is CC(C)(C)c1ccc(CN(CCc2ccc(Cl)c(Cl)c2)C(=O)c2c(F)c(Cl)cc3cc[nH]c23)c(Cl)c1. The van der Waals surface area contributed by atoms with Crippen LogP contribution in [0.3, 0.4) is 0 Å². The Bertz CT molecular complexity index is 1440. The van der Waals surface area contributed by atoms with E-state index in [-0.39, 0.29) is 22.5 Å². The highest BCUT2D eigenvalue weighted by Gasteiger charge is 2.26. The Morgan fingerprint density at radius 2 is 1.67 bits per heavy atom. The van der Waals surface area contributed by atoms with Gasteiger partial charge in [0.1, 0.15) is 5.56 Å². The normalized spacial score (nSPS) is 11.8. The summed E-state index contributed by atoms with van der Waals surface area (Å²) in [5.74, 6) is -1.25. The number of rotatable bonds is 6. The molecule has 0 saturated heterocycles. The summed E-state index contributed by atoms with van der Waals surface area (Å²) in [5.41, 5.74) is 2.97. The van der Waals surface area contributed by atoms with E-state index in [9.17, 15) is 4.79 Å². The van der Waals surface area contributed by atoms with E-state index in [0.717, 1.165) is 16.7 Å². The second-order valence-electron chi connectivity index (χ2n) is 9.77. The molecule has 1 heterocycles. The van der Waals surface area contributed by atoms with E-state index in [1.54, 1.807) is 29.3 Å². The van der Waals surface area contributed by atoms with Gasteiger partial charge >= 0.3 is 0 Å². The molecule has 3 nitrogen and oxygen atoms in total. The predicted molar refractivity (Wildman–Crippen MR) is 148 cm³/mol. The van der Waals surface area contributed by atoms with Crippen molar-refractivity contribution in [1.29, 1.82) is 0 Å². The smallest absolute Gasteiger partial charge is 0.259 e. The van der Waals surface area contributed by atoms with E-state index in [1.165, 1.54) is 6.07 Å². The van der Waals surface area contributed by atoms with E-state index in [2.05, 4.69) is 25.8 Å². The first-order valence-electron chi connectivity index (χ1n) is 11.4. The zero-order valence-electron chi connectivity index (χ0n) is 20.1.